The molecule has 31 heavy (non-hydrogen) atoms. The number of hydrogen-bond donors (Lipinski definition) is 1. The second kappa shape index (κ2) is 8.63. The van der Waals surface area contributed by atoms with Crippen molar-refractivity contribution in [1.82, 2.24) is 4.98 Å². The number of hydrogen-bond acceptors (Lipinski definition) is 8. The van der Waals surface area contributed by atoms with Crippen molar-refractivity contribution in [2.24, 2.45) is 15.3 Å². The van der Waals surface area contributed by atoms with Gasteiger partial charge in [-0.1, -0.05) is 53.8 Å². The van der Waals surface area contributed by atoms with Gasteiger partial charge in [0.1, 0.15) is 17.0 Å². The van der Waals surface area contributed by atoms with Crippen LogP contribution in [0.1, 0.15) is 12.7 Å². The third-order valence-electron chi connectivity index (χ3n) is 4.48. The highest BCUT2D eigenvalue weighted by atomic mass is 32.1. The normalized spacial score (nSPS) is 12.1. The van der Waals surface area contributed by atoms with Gasteiger partial charge in [0, 0.05) is 5.39 Å². The predicted octanol–water partition coefficient (Wildman–Crippen LogP) is 7.87. The highest BCUT2D eigenvalue weighted by molar-refractivity contribution is 7.20. The average Bonchev–Trinajstić information content (AvgIpc) is 3.56. The van der Waals surface area contributed by atoms with E-state index in [1.807, 2.05) is 85.1 Å². The molecule has 5 aromatic rings. The largest absolute Gasteiger partial charge is 0.455 e. The summed E-state index contributed by atoms with van der Waals surface area (Å²) in [5, 5.41) is 17.7. The van der Waals surface area contributed by atoms with Gasteiger partial charge in [-0.05, 0) is 42.6 Å². The summed E-state index contributed by atoms with van der Waals surface area (Å²) in [6.45, 7) is 1.90. The molecule has 0 radical (unpaired) electrons. The summed E-state index contributed by atoms with van der Waals surface area (Å²) in [7, 11) is 0. The molecule has 1 N–H and O–H groups in total. The van der Waals surface area contributed by atoms with E-state index in [0.717, 1.165) is 37.9 Å². The van der Waals surface area contributed by atoms with E-state index in [9.17, 15) is 0 Å². The Balaban J connectivity index is 1.42. The molecular formula is C23H17N5OS2. The van der Waals surface area contributed by atoms with Crippen molar-refractivity contribution in [1.29, 1.82) is 0 Å². The van der Waals surface area contributed by atoms with E-state index in [1.165, 1.54) is 11.3 Å². The number of benzene rings is 2. The summed E-state index contributed by atoms with van der Waals surface area (Å²) in [5.41, 5.74) is 6.20. The molecule has 0 saturated heterocycles. The quantitative estimate of drug-likeness (QED) is 0.165. The van der Waals surface area contributed by atoms with Crippen LogP contribution in [0.4, 0.5) is 15.8 Å². The van der Waals surface area contributed by atoms with Gasteiger partial charge in [0.05, 0.1) is 10.6 Å². The van der Waals surface area contributed by atoms with E-state index in [-0.39, 0.29) is 0 Å². The molecule has 0 fully saturated rings. The van der Waals surface area contributed by atoms with Gasteiger partial charge in [-0.15, -0.1) is 21.6 Å². The number of azo groups is 1. The zero-order valence-electron chi connectivity index (χ0n) is 16.5. The summed E-state index contributed by atoms with van der Waals surface area (Å²) in [6, 6.07) is 23.5. The van der Waals surface area contributed by atoms with Gasteiger partial charge in [-0.25, -0.2) is 4.98 Å². The zero-order valence-corrected chi connectivity index (χ0v) is 18.2. The van der Waals surface area contributed by atoms with Crippen LogP contribution in [-0.2, 0) is 0 Å². The minimum atomic E-state index is 0.640. The second-order valence-electron chi connectivity index (χ2n) is 6.64. The molecule has 0 aliphatic rings. The van der Waals surface area contributed by atoms with E-state index in [2.05, 4.69) is 20.8 Å². The molecule has 0 atom stereocenters. The number of aromatic nitrogens is 1. The molecule has 152 valence electrons. The summed E-state index contributed by atoms with van der Waals surface area (Å²) in [4.78, 5) is 5.73. The first-order valence-electron chi connectivity index (χ1n) is 9.57. The lowest BCUT2D eigenvalue weighted by atomic mass is 10.2. The van der Waals surface area contributed by atoms with Gasteiger partial charge < -0.3 is 4.42 Å². The number of thiazole rings is 1. The lowest BCUT2D eigenvalue weighted by molar-refractivity contribution is 0.604. The molecule has 0 bridgehead atoms. The third kappa shape index (κ3) is 4.30. The molecule has 0 unspecified atom stereocenters. The zero-order chi connectivity index (χ0) is 21.0. The summed E-state index contributed by atoms with van der Waals surface area (Å²) in [6.07, 6.45) is 0. The fourth-order valence-electron chi connectivity index (χ4n) is 2.95. The number of nitrogens with one attached hydrogen (secondary N) is 1. The first-order valence-corrected chi connectivity index (χ1v) is 11.3. The third-order valence-corrected chi connectivity index (χ3v) is 6.20. The number of hydrazone groups is 1. The predicted molar refractivity (Wildman–Crippen MR) is 128 cm³/mol. The topological polar surface area (TPSA) is 75.1 Å². The first-order chi connectivity index (χ1) is 15.3. The number of furan rings is 1. The Morgan fingerprint density at radius 3 is 2.61 bits per heavy atom. The van der Waals surface area contributed by atoms with Crippen molar-refractivity contribution in [3.63, 3.8) is 0 Å². The summed E-state index contributed by atoms with van der Waals surface area (Å²) in [5.74, 6) is 0.715. The van der Waals surface area contributed by atoms with Gasteiger partial charge in [-0.2, -0.15) is 5.10 Å². The van der Waals surface area contributed by atoms with Gasteiger partial charge in [-0.3, -0.25) is 5.43 Å². The fraction of sp³-hybridized carbons (Fsp3) is 0.0435. The Bertz CT molecular complexity index is 1330. The van der Waals surface area contributed by atoms with Gasteiger partial charge in [0.25, 0.3) is 0 Å². The molecule has 6 nitrogen and oxygen atoms in total. The lowest BCUT2D eigenvalue weighted by Gasteiger charge is -1.96. The molecule has 0 aliphatic carbocycles. The molecule has 0 saturated carbocycles. The van der Waals surface area contributed by atoms with Crippen LogP contribution in [0.25, 0.3) is 21.5 Å². The van der Waals surface area contributed by atoms with E-state index in [0.29, 0.717) is 10.9 Å². The molecule has 0 aliphatic heterocycles. The van der Waals surface area contributed by atoms with Crippen LogP contribution in [0.3, 0.4) is 0 Å². The molecule has 0 amide bonds. The van der Waals surface area contributed by atoms with Crippen LogP contribution in [0, 0.1) is 0 Å². The molecule has 8 heteroatoms. The number of para-hydroxylation sites is 1. The number of anilines is 1. The van der Waals surface area contributed by atoms with Crippen LogP contribution < -0.4 is 5.43 Å². The second-order valence-corrected chi connectivity index (χ2v) is 8.57. The number of nitrogens with zero attached hydrogens (tertiary/aromatic N) is 4. The van der Waals surface area contributed by atoms with Gasteiger partial charge in [0.15, 0.2) is 10.8 Å². The summed E-state index contributed by atoms with van der Waals surface area (Å²) < 4.78 is 5.87. The minimum absolute atomic E-state index is 0.640. The average molecular weight is 444 g/mol. The van der Waals surface area contributed by atoms with Gasteiger partial charge >= 0.3 is 0 Å². The lowest BCUT2D eigenvalue weighted by Crippen LogP contribution is -1.97. The first kappa shape index (κ1) is 19.3. The molecule has 2 aromatic carbocycles. The highest BCUT2D eigenvalue weighted by Crippen LogP contribution is 2.40. The summed E-state index contributed by atoms with van der Waals surface area (Å²) >= 11 is 3.02. The van der Waals surface area contributed by atoms with E-state index >= 15 is 0 Å². The van der Waals surface area contributed by atoms with E-state index < -0.39 is 0 Å². The monoisotopic (exact) mass is 443 g/mol. The minimum Gasteiger partial charge on any atom is -0.455 e. The Morgan fingerprint density at radius 1 is 0.968 bits per heavy atom. The number of thiophene rings is 1. The Kier molecular flexibility index (Phi) is 5.39. The SMILES string of the molecule is C/C(=N\Nc1nc(-c2cccs2)c(N=Nc2ccccc2)s1)c1cc2ccccc2o1. The van der Waals surface area contributed by atoms with Crippen LogP contribution in [-0.4, -0.2) is 10.7 Å². The fourth-order valence-corrected chi connectivity index (χ4v) is 4.47. The van der Waals surface area contributed by atoms with Gasteiger partial charge in [0.2, 0.25) is 5.13 Å². The van der Waals surface area contributed by atoms with E-state index in [1.54, 1.807) is 11.3 Å². The van der Waals surface area contributed by atoms with E-state index in [4.69, 9.17) is 9.40 Å². The molecule has 3 aromatic heterocycles. The Labute approximate surface area is 186 Å². The van der Waals surface area contributed by atoms with Crippen molar-refractivity contribution in [3.8, 4) is 10.6 Å². The van der Waals surface area contributed by atoms with Crippen molar-refractivity contribution < 1.29 is 4.42 Å². The number of fused-ring (bicyclic) bond motifs is 1. The Morgan fingerprint density at radius 2 is 1.81 bits per heavy atom. The maximum absolute atomic E-state index is 5.87. The molecule has 5 rings (SSSR count). The van der Waals surface area contributed by atoms with Crippen molar-refractivity contribution in [2.45, 2.75) is 6.92 Å². The molecular weight excluding hydrogens is 426 g/mol. The van der Waals surface area contributed by atoms with Crippen LogP contribution in [0.15, 0.2) is 97.9 Å². The highest BCUT2D eigenvalue weighted by Gasteiger charge is 2.14. The standard InChI is InChI=1S/C23H17N5OS2/c1-15(19-14-16-8-5-6-11-18(16)29-19)25-28-23-24-21(20-12-7-13-30-20)22(31-23)27-26-17-9-3-2-4-10-17/h2-14H,1H3,(H,24,28)/b25-15+,27-26?. The van der Waals surface area contributed by atoms with Crippen molar-refractivity contribution in [2.75, 3.05) is 5.43 Å². The smallest absolute Gasteiger partial charge is 0.206 e. The van der Waals surface area contributed by atoms with Crippen molar-refractivity contribution in [3.05, 3.63) is 83.9 Å². The number of rotatable bonds is 6. The van der Waals surface area contributed by atoms with Crippen LogP contribution >= 0.6 is 22.7 Å². The van der Waals surface area contributed by atoms with Crippen LogP contribution in [0.5, 0.6) is 0 Å². The van der Waals surface area contributed by atoms with Crippen molar-refractivity contribution >= 4 is 55.2 Å². The molecule has 0 spiro atoms. The van der Waals surface area contributed by atoms with Crippen LogP contribution in [0.2, 0.25) is 0 Å². The maximum Gasteiger partial charge on any atom is 0.206 e. The molecule has 3 heterocycles. The maximum atomic E-state index is 5.87. The Hall–Kier alpha value is -3.62.